The van der Waals surface area contributed by atoms with E-state index in [9.17, 15) is 4.79 Å². The maximum absolute atomic E-state index is 11.4. The minimum absolute atomic E-state index is 0.0891. The lowest BCUT2D eigenvalue weighted by Gasteiger charge is -2.05. The van der Waals surface area contributed by atoms with Crippen molar-refractivity contribution in [1.82, 2.24) is 0 Å². The van der Waals surface area contributed by atoms with Gasteiger partial charge in [0.25, 0.3) is 0 Å². The van der Waals surface area contributed by atoms with Crippen LogP contribution in [0.5, 0.6) is 5.75 Å². The Hall–Kier alpha value is -0.830. The van der Waals surface area contributed by atoms with Crippen LogP contribution >= 0.6 is 15.9 Å². The minimum atomic E-state index is 0.0891. The molecular weight excluding hydrogens is 244 g/mol. The van der Waals surface area contributed by atoms with Crippen LogP contribution in [0.15, 0.2) is 24.3 Å². The molecule has 0 saturated heterocycles. The fourth-order valence-corrected chi connectivity index (χ4v) is 1.52. The highest BCUT2D eigenvalue weighted by molar-refractivity contribution is 9.09. The van der Waals surface area contributed by atoms with Gasteiger partial charge in [0.05, 0.1) is 11.4 Å². The van der Waals surface area contributed by atoms with Crippen LogP contribution in [-0.4, -0.2) is 17.2 Å². The van der Waals surface area contributed by atoms with Gasteiger partial charge in [-0.3, -0.25) is 4.79 Å². The standard InChI is InChI=1S/C11H11BrO2/c12-7-11(13)8-2-1-3-10(6-8)14-9-4-5-9/h1-3,6,9H,4-5,7H2. The van der Waals surface area contributed by atoms with Gasteiger partial charge >= 0.3 is 0 Å². The first-order valence-corrected chi connectivity index (χ1v) is 5.77. The van der Waals surface area contributed by atoms with E-state index in [4.69, 9.17) is 4.74 Å². The highest BCUT2D eigenvalue weighted by Crippen LogP contribution is 2.27. The fraction of sp³-hybridized carbons (Fsp3) is 0.364. The van der Waals surface area contributed by atoms with E-state index in [0.717, 1.165) is 18.6 Å². The number of ketones is 1. The molecule has 1 aromatic rings. The molecule has 1 aromatic carbocycles. The van der Waals surface area contributed by atoms with Crippen molar-refractivity contribution in [3.63, 3.8) is 0 Å². The van der Waals surface area contributed by atoms with E-state index in [2.05, 4.69) is 15.9 Å². The molecule has 1 saturated carbocycles. The van der Waals surface area contributed by atoms with Crippen LogP contribution in [-0.2, 0) is 0 Å². The molecule has 1 aliphatic rings. The topological polar surface area (TPSA) is 26.3 Å². The van der Waals surface area contributed by atoms with Gasteiger partial charge in [0, 0.05) is 5.56 Å². The van der Waals surface area contributed by atoms with Crippen LogP contribution in [0, 0.1) is 0 Å². The Balaban J connectivity index is 2.12. The molecule has 0 N–H and O–H groups in total. The van der Waals surface area contributed by atoms with E-state index >= 15 is 0 Å². The monoisotopic (exact) mass is 254 g/mol. The lowest BCUT2D eigenvalue weighted by Crippen LogP contribution is -2.01. The van der Waals surface area contributed by atoms with Gasteiger partial charge in [0.15, 0.2) is 5.78 Å². The van der Waals surface area contributed by atoms with Crippen molar-refractivity contribution < 1.29 is 9.53 Å². The molecule has 0 spiro atoms. The van der Waals surface area contributed by atoms with Gasteiger partial charge in [0.2, 0.25) is 0 Å². The van der Waals surface area contributed by atoms with Crippen LogP contribution < -0.4 is 4.74 Å². The predicted molar refractivity (Wildman–Crippen MR) is 58.2 cm³/mol. The first kappa shape index (κ1) is 9.71. The Kier molecular flexibility index (Phi) is 2.87. The summed E-state index contributed by atoms with van der Waals surface area (Å²) >= 11 is 3.15. The molecule has 1 aliphatic carbocycles. The molecule has 14 heavy (non-hydrogen) atoms. The first-order valence-electron chi connectivity index (χ1n) is 4.65. The molecule has 74 valence electrons. The van der Waals surface area contributed by atoms with Crippen LogP contribution in [0.3, 0.4) is 0 Å². The molecular formula is C11H11BrO2. The maximum atomic E-state index is 11.4. The number of alkyl halides is 1. The lowest BCUT2D eigenvalue weighted by atomic mass is 10.1. The van der Waals surface area contributed by atoms with Gasteiger partial charge in [-0.1, -0.05) is 28.1 Å². The number of halogens is 1. The first-order chi connectivity index (χ1) is 6.79. The molecule has 0 bridgehead atoms. The molecule has 0 heterocycles. The summed E-state index contributed by atoms with van der Waals surface area (Å²) in [4.78, 5) is 11.4. The molecule has 2 rings (SSSR count). The summed E-state index contributed by atoms with van der Waals surface area (Å²) in [6.07, 6.45) is 2.65. The van der Waals surface area contributed by atoms with Crippen molar-refractivity contribution in [2.45, 2.75) is 18.9 Å². The predicted octanol–water partition coefficient (Wildman–Crippen LogP) is 2.81. The summed E-state index contributed by atoms with van der Waals surface area (Å²) in [5.41, 5.74) is 0.708. The van der Waals surface area contributed by atoms with Gasteiger partial charge in [-0.05, 0) is 25.0 Å². The van der Waals surface area contributed by atoms with Crippen LogP contribution in [0.4, 0.5) is 0 Å². The van der Waals surface area contributed by atoms with Crippen molar-refractivity contribution in [2.24, 2.45) is 0 Å². The molecule has 0 radical (unpaired) electrons. The quantitative estimate of drug-likeness (QED) is 0.610. The number of carbonyl (C=O) groups excluding carboxylic acids is 1. The van der Waals surface area contributed by atoms with Crippen molar-refractivity contribution in [3.05, 3.63) is 29.8 Å². The Bertz CT molecular complexity index is 345. The van der Waals surface area contributed by atoms with Crippen molar-refractivity contribution in [1.29, 1.82) is 0 Å². The zero-order valence-corrected chi connectivity index (χ0v) is 9.29. The Morgan fingerprint density at radius 2 is 2.29 bits per heavy atom. The molecule has 1 fully saturated rings. The second kappa shape index (κ2) is 4.13. The number of benzene rings is 1. The second-order valence-electron chi connectivity index (χ2n) is 3.40. The fourth-order valence-electron chi connectivity index (χ4n) is 1.20. The van der Waals surface area contributed by atoms with E-state index in [-0.39, 0.29) is 5.78 Å². The van der Waals surface area contributed by atoms with Gasteiger partial charge < -0.3 is 4.74 Å². The summed E-state index contributed by atoms with van der Waals surface area (Å²) in [7, 11) is 0. The average molecular weight is 255 g/mol. The third kappa shape index (κ3) is 2.35. The molecule has 0 aromatic heterocycles. The van der Waals surface area contributed by atoms with Gasteiger partial charge in [-0.25, -0.2) is 0 Å². The average Bonchev–Trinajstić information content (AvgIpc) is 3.01. The molecule has 0 amide bonds. The zero-order chi connectivity index (χ0) is 9.97. The minimum Gasteiger partial charge on any atom is -0.490 e. The van der Waals surface area contributed by atoms with E-state index in [1.54, 1.807) is 0 Å². The molecule has 0 unspecified atom stereocenters. The summed E-state index contributed by atoms with van der Waals surface area (Å²) < 4.78 is 5.59. The third-order valence-electron chi connectivity index (χ3n) is 2.10. The van der Waals surface area contributed by atoms with Gasteiger partial charge in [0.1, 0.15) is 5.75 Å². The number of Topliss-reactive ketones (excluding diaryl/α,β-unsaturated/α-hetero) is 1. The van der Waals surface area contributed by atoms with E-state index < -0.39 is 0 Å². The number of rotatable bonds is 4. The van der Waals surface area contributed by atoms with Crippen molar-refractivity contribution in [3.8, 4) is 5.75 Å². The van der Waals surface area contributed by atoms with E-state index in [1.165, 1.54) is 0 Å². The van der Waals surface area contributed by atoms with Crippen LogP contribution in [0.1, 0.15) is 23.2 Å². The van der Waals surface area contributed by atoms with Gasteiger partial charge in [-0.2, -0.15) is 0 Å². The molecule has 0 atom stereocenters. The Morgan fingerprint density at radius 3 is 2.93 bits per heavy atom. The third-order valence-corrected chi connectivity index (χ3v) is 2.61. The smallest absolute Gasteiger partial charge is 0.173 e. The zero-order valence-electron chi connectivity index (χ0n) is 7.70. The molecule has 0 aliphatic heterocycles. The van der Waals surface area contributed by atoms with E-state index in [0.29, 0.717) is 17.0 Å². The Labute approximate surface area is 91.4 Å². The summed E-state index contributed by atoms with van der Waals surface area (Å²) in [5, 5.41) is 0.361. The lowest BCUT2D eigenvalue weighted by molar-refractivity contribution is 0.102. The highest BCUT2D eigenvalue weighted by Gasteiger charge is 2.23. The largest absolute Gasteiger partial charge is 0.490 e. The SMILES string of the molecule is O=C(CBr)c1cccc(OC2CC2)c1. The highest BCUT2D eigenvalue weighted by atomic mass is 79.9. The van der Waals surface area contributed by atoms with Gasteiger partial charge in [-0.15, -0.1) is 0 Å². The maximum Gasteiger partial charge on any atom is 0.173 e. The number of hydrogen-bond donors (Lipinski definition) is 0. The van der Waals surface area contributed by atoms with Crippen LogP contribution in [0.2, 0.25) is 0 Å². The second-order valence-corrected chi connectivity index (χ2v) is 3.96. The van der Waals surface area contributed by atoms with Crippen molar-refractivity contribution >= 4 is 21.7 Å². The van der Waals surface area contributed by atoms with E-state index in [1.807, 2.05) is 24.3 Å². The number of ether oxygens (including phenoxy) is 1. The number of carbonyl (C=O) groups is 1. The van der Waals surface area contributed by atoms with Crippen molar-refractivity contribution in [2.75, 3.05) is 5.33 Å². The number of hydrogen-bond acceptors (Lipinski definition) is 2. The summed E-state index contributed by atoms with van der Waals surface area (Å²) in [6, 6.07) is 7.36. The summed E-state index contributed by atoms with van der Waals surface area (Å²) in [5.74, 6) is 0.894. The molecule has 3 heteroatoms. The summed E-state index contributed by atoms with van der Waals surface area (Å²) in [6.45, 7) is 0. The normalized spacial score (nSPS) is 15.2. The Morgan fingerprint density at radius 1 is 1.50 bits per heavy atom. The molecule has 2 nitrogen and oxygen atoms in total. The van der Waals surface area contributed by atoms with Crippen LogP contribution in [0.25, 0.3) is 0 Å².